The first-order chi connectivity index (χ1) is 22.1. The van der Waals surface area contributed by atoms with E-state index in [1.807, 2.05) is 36.5 Å². The Kier molecular flexibility index (Phi) is 9.19. The first kappa shape index (κ1) is 32.2. The van der Waals surface area contributed by atoms with Gasteiger partial charge in [0.05, 0.1) is 6.61 Å². The van der Waals surface area contributed by atoms with Crippen molar-refractivity contribution in [3.8, 4) is 11.5 Å². The number of carboxylic acids is 2. The maximum absolute atomic E-state index is 12.8. The van der Waals surface area contributed by atoms with E-state index in [2.05, 4.69) is 30.2 Å². The van der Waals surface area contributed by atoms with Crippen LogP contribution in [-0.2, 0) is 27.8 Å². The van der Waals surface area contributed by atoms with Crippen LogP contribution >= 0.6 is 11.6 Å². The molecule has 1 heterocycles. The summed E-state index contributed by atoms with van der Waals surface area (Å²) in [6, 6.07) is 15.1. The smallest absolute Gasteiger partial charge is 0.341 e. The van der Waals surface area contributed by atoms with Crippen LogP contribution in [0, 0.1) is 11.8 Å². The van der Waals surface area contributed by atoms with E-state index in [0.717, 1.165) is 49.1 Å². The van der Waals surface area contributed by atoms with Gasteiger partial charge in [0.2, 0.25) is 0 Å². The van der Waals surface area contributed by atoms with Crippen LogP contribution < -0.4 is 14.8 Å². The second-order valence-corrected chi connectivity index (χ2v) is 14.1. The van der Waals surface area contributed by atoms with Crippen LogP contribution in [0.25, 0.3) is 0 Å². The molecule has 2 aromatic carbocycles. The van der Waals surface area contributed by atoms with Crippen LogP contribution in [0.1, 0.15) is 87.1 Å². The summed E-state index contributed by atoms with van der Waals surface area (Å²) >= 11 is 6.23. The fourth-order valence-electron chi connectivity index (χ4n) is 8.31. The van der Waals surface area contributed by atoms with Gasteiger partial charge in [0.15, 0.2) is 6.61 Å². The zero-order chi connectivity index (χ0) is 32.5. The average Bonchev–Trinajstić information content (AvgIpc) is 3.31. The molecule has 3 N–H and O–H groups in total. The highest BCUT2D eigenvalue weighted by molar-refractivity contribution is 6.30. The van der Waals surface area contributed by atoms with Gasteiger partial charge in [0.25, 0.3) is 0 Å². The lowest BCUT2D eigenvalue weighted by molar-refractivity contribution is -0.144. The number of nitrogens with one attached hydrogen (secondary N) is 1. The largest absolute Gasteiger partial charge is 0.493 e. The normalized spacial score (nSPS) is 25.7. The number of carboxylic acid groups (broad SMARTS) is 2. The number of hydrogen-bond acceptors (Lipinski definition) is 6. The summed E-state index contributed by atoms with van der Waals surface area (Å²) in [5.74, 6) is 0.558. The number of halogens is 1. The van der Waals surface area contributed by atoms with Gasteiger partial charge in [-0.1, -0.05) is 37.6 Å². The maximum Gasteiger partial charge on any atom is 0.341 e. The molecule has 3 aliphatic carbocycles. The summed E-state index contributed by atoms with van der Waals surface area (Å²) < 4.78 is 12.1. The highest BCUT2D eigenvalue weighted by atomic mass is 35.5. The number of pyridine rings is 1. The van der Waals surface area contributed by atoms with Crippen LogP contribution in [0.3, 0.4) is 0 Å². The molecule has 0 unspecified atom stereocenters. The number of carbonyl (C=O) groups is 2. The third kappa shape index (κ3) is 6.41. The minimum absolute atomic E-state index is 0.258. The molecule has 0 amide bonds. The zero-order valence-corrected chi connectivity index (χ0v) is 27.3. The molecule has 9 heteroatoms. The van der Waals surface area contributed by atoms with E-state index >= 15 is 0 Å². The summed E-state index contributed by atoms with van der Waals surface area (Å²) in [5.41, 5.74) is 4.11. The number of anilines is 1. The molecule has 3 aromatic rings. The van der Waals surface area contributed by atoms with Crippen LogP contribution in [0.4, 0.5) is 5.69 Å². The van der Waals surface area contributed by atoms with Gasteiger partial charge in [-0.15, -0.1) is 0 Å². The number of aromatic nitrogens is 1. The van der Waals surface area contributed by atoms with Crippen molar-refractivity contribution >= 4 is 29.2 Å². The van der Waals surface area contributed by atoms with Gasteiger partial charge in [-0.05, 0) is 128 Å². The van der Waals surface area contributed by atoms with E-state index in [4.69, 9.17) is 21.1 Å². The van der Waals surface area contributed by atoms with Crippen LogP contribution in [0.15, 0.2) is 54.7 Å². The maximum atomic E-state index is 12.8. The monoisotopic (exact) mass is 646 g/mol. The summed E-state index contributed by atoms with van der Waals surface area (Å²) in [5, 5.41) is 23.6. The van der Waals surface area contributed by atoms with Crippen LogP contribution in [0.2, 0.25) is 5.02 Å². The number of aryl methyl sites for hydroxylation is 1. The third-order valence-electron chi connectivity index (χ3n) is 10.6. The second kappa shape index (κ2) is 13.1. The predicted molar refractivity (Wildman–Crippen MR) is 177 cm³/mol. The first-order valence-corrected chi connectivity index (χ1v) is 16.8. The minimum Gasteiger partial charge on any atom is -0.493 e. The van der Waals surface area contributed by atoms with Gasteiger partial charge >= 0.3 is 11.9 Å². The molecule has 3 aliphatic rings. The van der Waals surface area contributed by atoms with E-state index in [0.29, 0.717) is 54.7 Å². The standard InChI is InChI=1S/C37H43ClN2O6/c1-23(21-46-32-11-16-39-31-8-3-5-24(2)34(31)32)17-26-18-25-9-10-29(45-22-33(41)42)20-30(25)36(26)12-14-37(15-13-36,35(43)44)40-28-7-4-6-27(38)19-28/h4,6-7,9-11,16,19-20,23-24,26,40H,3,5,8,12-15,17-18,21-22H2,1-2H3,(H,41,42)(H,43,44)/t23-,24-,26+,36?,37?/m1/s1. The van der Waals surface area contributed by atoms with Crippen molar-refractivity contribution in [2.24, 2.45) is 11.8 Å². The van der Waals surface area contributed by atoms with Crippen molar-refractivity contribution < 1.29 is 29.3 Å². The summed E-state index contributed by atoms with van der Waals surface area (Å²) in [6.07, 6.45) is 9.20. The molecular weight excluding hydrogens is 604 g/mol. The Bertz CT molecular complexity index is 1600. The lowest BCUT2D eigenvalue weighted by atomic mass is 9.59. The summed E-state index contributed by atoms with van der Waals surface area (Å²) in [6.45, 7) is 4.67. The molecule has 244 valence electrons. The SMILES string of the molecule is C[C@@H](COc1ccnc2c1[C@H](C)CCC2)C[C@H]1Cc2ccc(OCC(=O)O)cc2C12CCC(Nc1cccc(Cl)c1)(C(=O)O)CC2. The van der Waals surface area contributed by atoms with Gasteiger partial charge in [0.1, 0.15) is 17.0 Å². The first-order valence-electron chi connectivity index (χ1n) is 16.4. The molecule has 6 rings (SSSR count). The van der Waals surface area contributed by atoms with E-state index in [9.17, 15) is 19.8 Å². The highest BCUT2D eigenvalue weighted by Crippen LogP contribution is 2.56. The highest BCUT2D eigenvalue weighted by Gasteiger charge is 2.54. The number of rotatable bonds is 11. The Labute approximate surface area is 275 Å². The average molecular weight is 647 g/mol. The van der Waals surface area contributed by atoms with Gasteiger partial charge in [0, 0.05) is 28.2 Å². The molecule has 8 nitrogen and oxygen atoms in total. The zero-order valence-electron chi connectivity index (χ0n) is 26.6. The fourth-order valence-corrected chi connectivity index (χ4v) is 8.50. The Morgan fingerprint density at radius 2 is 1.89 bits per heavy atom. The van der Waals surface area contributed by atoms with Crippen molar-refractivity contribution in [2.75, 3.05) is 18.5 Å². The number of benzene rings is 2. The van der Waals surface area contributed by atoms with E-state index < -0.39 is 24.1 Å². The Hall–Kier alpha value is -3.78. The molecule has 0 aliphatic heterocycles. The molecule has 1 saturated carbocycles. The molecule has 1 spiro atoms. The second-order valence-electron chi connectivity index (χ2n) is 13.7. The lowest BCUT2D eigenvalue weighted by Gasteiger charge is -2.47. The third-order valence-corrected chi connectivity index (χ3v) is 10.9. The van der Waals surface area contributed by atoms with E-state index in [1.54, 1.807) is 12.1 Å². The van der Waals surface area contributed by atoms with Crippen LogP contribution in [0.5, 0.6) is 11.5 Å². The molecule has 3 atom stereocenters. The molecular formula is C37H43ClN2O6. The van der Waals surface area contributed by atoms with Gasteiger partial charge < -0.3 is 25.0 Å². The molecule has 1 aromatic heterocycles. The Balaban J connectivity index is 1.24. The topological polar surface area (TPSA) is 118 Å². The van der Waals surface area contributed by atoms with Crippen molar-refractivity contribution in [3.05, 3.63) is 82.1 Å². The number of nitrogens with zero attached hydrogens (tertiary/aromatic N) is 1. The van der Waals surface area contributed by atoms with Gasteiger partial charge in [-0.25, -0.2) is 9.59 Å². The Morgan fingerprint density at radius 3 is 2.63 bits per heavy atom. The van der Waals surface area contributed by atoms with Gasteiger partial charge in [-0.3, -0.25) is 4.98 Å². The Morgan fingerprint density at radius 1 is 1.09 bits per heavy atom. The number of aliphatic carboxylic acids is 2. The predicted octanol–water partition coefficient (Wildman–Crippen LogP) is 7.66. The minimum atomic E-state index is -1.12. The molecule has 0 bridgehead atoms. The van der Waals surface area contributed by atoms with Crippen molar-refractivity contribution in [3.63, 3.8) is 0 Å². The summed E-state index contributed by atoms with van der Waals surface area (Å²) in [4.78, 5) is 28.7. The molecule has 1 fully saturated rings. The lowest BCUT2D eigenvalue weighted by Crippen LogP contribution is -2.53. The number of ether oxygens (including phenoxy) is 2. The van der Waals surface area contributed by atoms with E-state index in [1.165, 1.54) is 11.1 Å². The van der Waals surface area contributed by atoms with Crippen molar-refractivity contribution in [1.82, 2.24) is 4.98 Å². The molecule has 0 radical (unpaired) electrons. The van der Waals surface area contributed by atoms with Crippen molar-refractivity contribution in [1.29, 1.82) is 0 Å². The molecule has 46 heavy (non-hydrogen) atoms. The van der Waals surface area contributed by atoms with E-state index in [-0.39, 0.29) is 17.3 Å². The molecule has 0 saturated heterocycles. The fraction of sp³-hybridized carbons (Fsp3) is 0.486. The summed E-state index contributed by atoms with van der Waals surface area (Å²) in [7, 11) is 0. The quantitative estimate of drug-likeness (QED) is 0.194. The van der Waals surface area contributed by atoms with Crippen LogP contribution in [-0.4, -0.2) is 45.9 Å². The number of hydrogen-bond donors (Lipinski definition) is 3. The number of fused-ring (bicyclic) bond motifs is 3. The van der Waals surface area contributed by atoms with Gasteiger partial charge in [-0.2, -0.15) is 0 Å². The van der Waals surface area contributed by atoms with Crippen molar-refractivity contribution in [2.45, 2.75) is 88.5 Å².